The molecule has 102 valence electrons. The average molecular weight is 263 g/mol. The Morgan fingerprint density at radius 1 is 1.37 bits per heavy atom. The van der Waals surface area contributed by atoms with Gasteiger partial charge in [-0.3, -0.25) is 0 Å². The van der Waals surface area contributed by atoms with E-state index in [1.165, 1.54) is 6.33 Å². The van der Waals surface area contributed by atoms with Gasteiger partial charge in [0.1, 0.15) is 12.1 Å². The summed E-state index contributed by atoms with van der Waals surface area (Å²) in [6, 6.07) is 0. The van der Waals surface area contributed by atoms with Crippen molar-refractivity contribution >= 4 is 16.9 Å². The van der Waals surface area contributed by atoms with Gasteiger partial charge in [0.15, 0.2) is 5.65 Å². The molecule has 3 heterocycles. The van der Waals surface area contributed by atoms with E-state index in [0.717, 1.165) is 36.2 Å². The van der Waals surface area contributed by atoms with Gasteiger partial charge in [0.2, 0.25) is 0 Å². The van der Waals surface area contributed by atoms with E-state index in [9.17, 15) is 5.11 Å². The average Bonchev–Trinajstić information content (AvgIpc) is 2.83. The van der Waals surface area contributed by atoms with Gasteiger partial charge < -0.3 is 15.1 Å². The van der Waals surface area contributed by atoms with Crippen molar-refractivity contribution in [1.82, 2.24) is 19.7 Å². The number of aromatic nitrogens is 4. The van der Waals surface area contributed by atoms with Crippen LogP contribution in [0.25, 0.3) is 11.0 Å². The molecule has 1 aliphatic rings. The summed E-state index contributed by atoms with van der Waals surface area (Å²) in [7, 11) is 0. The van der Waals surface area contributed by atoms with Gasteiger partial charge in [0.25, 0.3) is 0 Å². The molecule has 2 aromatic heterocycles. The maximum absolute atomic E-state index is 9.76. The van der Waals surface area contributed by atoms with Crippen molar-refractivity contribution < 1.29 is 10.2 Å². The minimum atomic E-state index is -0.300. The van der Waals surface area contributed by atoms with Crippen molar-refractivity contribution in [1.29, 1.82) is 0 Å². The molecule has 7 nitrogen and oxygen atoms in total. The minimum Gasteiger partial charge on any atom is -0.394 e. The molecule has 0 unspecified atom stereocenters. The molecule has 0 amide bonds. The Bertz CT molecular complexity index is 570. The lowest BCUT2D eigenvalue weighted by Gasteiger charge is -2.31. The molecule has 1 saturated heterocycles. The standard InChI is InChI=1S/C12H17N5O2/c18-5-4-17-12-10(6-15-17)11(13-8-14-12)16-3-1-2-9(19)7-16/h6,8-9,18-19H,1-5,7H2/t9-/m1/s1. The van der Waals surface area contributed by atoms with Crippen LogP contribution < -0.4 is 4.90 Å². The Balaban J connectivity index is 1.99. The summed E-state index contributed by atoms with van der Waals surface area (Å²) in [6.07, 6.45) is 4.73. The third kappa shape index (κ3) is 2.26. The van der Waals surface area contributed by atoms with Crippen LogP contribution in [0.15, 0.2) is 12.5 Å². The van der Waals surface area contributed by atoms with Crippen molar-refractivity contribution in [2.75, 3.05) is 24.6 Å². The molecule has 1 aliphatic heterocycles. The van der Waals surface area contributed by atoms with Gasteiger partial charge in [0, 0.05) is 13.1 Å². The number of hydrogen-bond acceptors (Lipinski definition) is 6. The van der Waals surface area contributed by atoms with Crippen molar-refractivity contribution in [2.45, 2.75) is 25.5 Å². The van der Waals surface area contributed by atoms with Crippen LogP contribution in [0.5, 0.6) is 0 Å². The zero-order valence-electron chi connectivity index (χ0n) is 10.6. The molecule has 0 radical (unpaired) electrons. The van der Waals surface area contributed by atoms with Crippen molar-refractivity contribution in [3.63, 3.8) is 0 Å². The van der Waals surface area contributed by atoms with Gasteiger partial charge in [-0.15, -0.1) is 0 Å². The zero-order valence-corrected chi connectivity index (χ0v) is 10.6. The molecular weight excluding hydrogens is 246 g/mol. The Morgan fingerprint density at radius 3 is 3.05 bits per heavy atom. The first-order valence-electron chi connectivity index (χ1n) is 6.50. The number of piperidine rings is 1. The minimum absolute atomic E-state index is 0.0263. The summed E-state index contributed by atoms with van der Waals surface area (Å²) in [5.41, 5.74) is 0.721. The van der Waals surface area contributed by atoms with E-state index in [1.807, 2.05) is 0 Å². The van der Waals surface area contributed by atoms with Crippen LogP contribution in [-0.2, 0) is 6.54 Å². The fourth-order valence-electron chi connectivity index (χ4n) is 2.54. The van der Waals surface area contributed by atoms with Crippen LogP contribution in [0, 0.1) is 0 Å². The SMILES string of the molecule is OCCn1ncc2c(N3CCC[C@@H](O)C3)ncnc21. The van der Waals surface area contributed by atoms with Crippen molar-refractivity contribution in [3.05, 3.63) is 12.5 Å². The highest BCUT2D eigenvalue weighted by atomic mass is 16.3. The number of fused-ring (bicyclic) bond motifs is 1. The second-order valence-electron chi connectivity index (χ2n) is 4.77. The van der Waals surface area contributed by atoms with Crippen molar-refractivity contribution in [2.24, 2.45) is 0 Å². The lowest BCUT2D eigenvalue weighted by atomic mass is 10.1. The molecule has 0 bridgehead atoms. The number of β-amino-alcohol motifs (C(OH)–C–C–N with tert-alkyl or cyclic N) is 1. The van der Waals surface area contributed by atoms with Crippen LogP contribution >= 0.6 is 0 Å². The summed E-state index contributed by atoms with van der Waals surface area (Å²) in [6.45, 7) is 1.92. The predicted octanol–water partition coefficient (Wildman–Crippen LogP) is -0.220. The van der Waals surface area contributed by atoms with E-state index >= 15 is 0 Å². The summed E-state index contributed by atoms with van der Waals surface area (Å²) in [4.78, 5) is 10.6. The van der Waals surface area contributed by atoms with E-state index in [2.05, 4.69) is 20.0 Å². The molecule has 7 heteroatoms. The first-order valence-corrected chi connectivity index (χ1v) is 6.50. The highest BCUT2D eigenvalue weighted by Crippen LogP contribution is 2.25. The third-order valence-corrected chi connectivity index (χ3v) is 3.42. The molecule has 0 aliphatic carbocycles. The monoisotopic (exact) mass is 263 g/mol. The number of anilines is 1. The first kappa shape index (κ1) is 12.3. The van der Waals surface area contributed by atoms with E-state index in [-0.39, 0.29) is 12.7 Å². The molecule has 2 aromatic rings. The molecule has 1 fully saturated rings. The van der Waals surface area contributed by atoms with Crippen molar-refractivity contribution in [3.8, 4) is 0 Å². The van der Waals surface area contributed by atoms with Crippen LogP contribution in [0.1, 0.15) is 12.8 Å². The van der Waals surface area contributed by atoms with Gasteiger partial charge in [-0.25, -0.2) is 14.6 Å². The summed E-state index contributed by atoms with van der Waals surface area (Å²) >= 11 is 0. The number of aliphatic hydroxyl groups is 2. The van der Waals surface area contributed by atoms with Gasteiger partial charge in [-0.1, -0.05) is 0 Å². The number of nitrogens with zero attached hydrogens (tertiary/aromatic N) is 5. The Labute approximate surface area is 110 Å². The number of aliphatic hydroxyl groups excluding tert-OH is 2. The predicted molar refractivity (Wildman–Crippen MR) is 69.9 cm³/mol. The van der Waals surface area contributed by atoms with Gasteiger partial charge in [-0.05, 0) is 12.8 Å². The molecule has 2 N–H and O–H groups in total. The van der Waals surface area contributed by atoms with Gasteiger partial charge in [-0.2, -0.15) is 5.10 Å². The molecule has 3 rings (SSSR count). The molecule has 19 heavy (non-hydrogen) atoms. The Hall–Kier alpha value is -1.73. The first-order chi connectivity index (χ1) is 9.29. The molecule has 0 aromatic carbocycles. The summed E-state index contributed by atoms with van der Waals surface area (Å²) < 4.78 is 1.67. The van der Waals surface area contributed by atoms with E-state index in [0.29, 0.717) is 13.1 Å². The number of rotatable bonds is 3. The van der Waals surface area contributed by atoms with Gasteiger partial charge >= 0.3 is 0 Å². The topological polar surface area (TPSA) is 87.3 Å². The Kier molecular flexibility index (Phi) is 3.31. The molecule has 0 spiro atoms. The van der Waals surface area contributed by atoms with E-state index in [1.54, 1.807) is 10.9 Å². The highest BCUT2D eigenvalue weighted by molar-refractivity contribution is 5.86. The highest BCUT2D eigenvalue weighted by Gasteiger charge is 2.21. The lowest BCUT2D eigenvalue weighted by molar-refractivity contribution is 0.154. The largest absolute Gasteiger partial charge is 0.394 e. The zero-order chi connectivity index (χ0) is 13.2. The summed E-state index contributed by atoms with van der Waals surface area (Å²) in [5, 5.41) is 23.9. The van der Waals surface area contributed by atoms with Crippen LogP contribution in [0.4, 0.5) is 5.82 Å². The van der Waals surface area contributed by atoms with Gasteiger partial charge in [0.05, 0.1) is 30.8 Å². The van der Waals surface area contributed by atoms with Crippen LogP contribution in [-0.4, -0.2) is 55.8 Å². The Morgan fingerprint density at radius 2 is 2.26 bits per heavy atom. The molecule has 1 atom stereocenters. The smallest absolute Gasteiger partial charge is 0.163 e. The quantitative estimate of drug-likeness (QED) is 0.796. The maximum atomic E-state index is 9.76. The second kappa shape index (κ2) is 5.10. The van der Waals surface area contributed by atoms with Crippen LogP contribution in [0.3, 0.4) is 0 Å². The molecule has 0 saturated carbocycles. The lowest BCUT2D eigenvalue weighted by Crippen LogP contribution is -2.38. The fourth-order valence-corrected chi connectivity index (χ4v) is 2.54. The second-order valence-corrected chi connectivity index (χ2v) is 4.77. The third-order valence-electron chi connectivity index (χ3n) is 3.42. The molecular formula is C12H17N5O2. The van der Waals surface area contributed by atoms with Crippen LogP contribution in [0.2, 0.25) is 0 Å². The van der Waals surface area contributed by atoms with E-state index in [4.69, 9.17) is 5.11 Å². The normalized spacial score (nSPS) is 20.1. The summed E-state index contributed by atoms with van der Waals surface area (Å²) in [5.74, 6) is 0.813. The number of hydrogen-bond donors (Lipinski definition) is 2. The van der Waals surface area contributed by atoms with E-state index < -0.39 is 0 Å². The fraction of sp³-hybridized carbons (Fsp3) is 0.583. The maximum Gasteiger partial charge on any atom is 0.163 e.